The SMILES string of the molecule is CCC1CCCN(C(=O)CC2(CS)CC2)CC1. The van der Waals surface area contributed by atoms with Crippen LogP contribution < -0.4 is 0 Å². The lowest BCUT2D eigenvalue weighted by Gasteiger charge is -2.23. The van der Waals surface area contributed by atoms with Crippen LogP contribution in [0, 0.1) is 11.3 Å². The van der Waals surface area contributed by atoms with Crippen molar-refractivity contribution in [2.24, 2.45) is 11.3 Å². The third kappa shape index (κ3) is 3.40. The first-order valence-electron chi connectivity index (χ1n) is 7.08. The number of rotatable bonds is 4. The number of thiol groups is 1. The topological polar surface area (TPSA) is 20.3 Å². The molecule has 17 heavy (non-hydrogen) atoms. The molecule has 1 aliphatic carbocycles. The van der Waals surface area contributed by atoms with E-state index in [1.807, 2.05) is 0 Å². The maximum atomic E-state index is 12.3. The Morgan fingerprint density at radius 2 is 2.12 bits per heavy atom. The number of hydrogen-bond donors (Lipinski definition) is 1. The Bertz CT molecular complexity index is 275. The van der Waals surface area contributed by atoms with Gasteiger partial charge in [0.05, 0.1) is 0 Å². The molecule has 0 spiro atoms. The van der Waals surface area contributed by atoms with Crippen molar-refractivity contribution in [2.75, 3.05) is 18.8 Å². The molecule has 2 rings (SSSR count). The van der Waals surface area contributed by atoms with Crippen LogP contribution in [0.15, 0.2) is 0 Å². The second-order valence-electron chi connectivity index (χ2n) is 5.92. The zero-order valence-electron chi connectivity index (χ0n) is 11.0. The monoisotopic (exact) mass is 255 g/mol. The van der Waals surface area contributed by atoms with E-state index in [1.165, 1.54) is 38.5 Å². The zero-order chi connectivity index (χ0) is 12.3. The summed E-state index contributed by atoms with van der Waals surface area (Å²) in [4.78, 5) is 14.4. The van der Waals surface area contributed by atoms with Gasteiger partial charge in [0.1, 0.15) is 0 Å². The molecule has 1 aliphatic heterocycles. The Morgan fingerprint density at radius 1 is 1.35 bits per heavy atom. The van der Waals surface area contributed by atoms with E-state index in [2.05, 4.69) is 24.5 Å². The van der Waals surface area contributed by atoms with Crippen LogP contribution in [0.4, 0.5) is 0 Å². The average Bonchev–Trinajstić information content (AvgIpc) is 3.12. The average molecular weight is 255 g/mol. The molecule has 98 valence electrons. The van der Waals surface area contributed by atoms with E-state index >= 15 is 0 Å². The summed E-state index contributed by atoms with van der Waals surface area (Å²) in [5.74, 6) is 2.10. The summed E-state index contributed by atoms with van der Waals surface area (Å²) in [6.07, 6.45) is 8.11. The molecule has 0 N–H and O–H groups in total. The standard InChI is InChI=1S/C14H25NOS/c1-2-12-4-3-8-15(9-5-12)13(16)10-14(11-17)6-7-14/h12,17H,2-11H2,1H3. The van der Waals surface area contributed by atoms with E-state index in [0.29, 0.717) is 5.91 Å². The van der Waals surface area contributed by atoms with Crippen LogP contribution in [-0.4, -0.2) is 29.6 Å². The van der Waals surface area contributed by atoms with Crippen molar-refractivity contribution in [3.8, 4) is 0 Å². The van der Waals surface area contributed by atoms with Crippen LogP contribution in [0.25, 0.3) is 0 Å². The third-order valence-electron chi connectivity index (χ3n) is 4.60. The van der Waals surface area contributed by atoms with Crippen LogP contribution in [0.1, 0.15) is 51.9 Å². The van der Waals surface area contributed by atoms with Gasteiger partial charge in [0.2, 0.25) is 5.91 Å². The first-order valence-corrected chi connectivity index (χ1v) is 7.71. The van der Waals surface area contributed by atoms with Crippen LogP contribution in [0.3, 0.4) is 0 Å². The highest BCUT2D eigenvalue weighted by atomic mass is 32.1. The predicted molar refractivity (Wildman–Crippen MR) is 74.3 cm³/mol. The number of hydrogen-bond acceptors (Lipinski definition) is 2. The Hall–Kier alpha value is -0.180. The Labute approximate surface area is 111 Å². The van der Waals surface area contributed by atoms with Gasteiger partial charge in [0, 0.05) is 19.5 Å². The molecule has 3 heteroatoms. The molecule has 1 heterocycles. The highest BCUT2D eigenvalue weighted by Crippen LogP contribution is 2.49. The molecular formula is C14H25NOS. The molecule has 0 radical (unpaired) electrons. The van der Waals surface area contributed by atoms with Crippen LogP contribution in [-0.2, 0) is 4.79 Å². The van der Waals surface area contributed by atoms with Gasteiger partial charge in [-0.1, -0.05) is 13.3 Å². The van der Waals surface area contributed by atoms with Crippen molar-refractivity contribution in [1.29, 1.82) is 0 Å². The molecule has 1 amide bonds. The maximum Gasteiger partial charge on any atom is 0.223 e. The summed E-state index contributed by atoms with van der Waals surface area (Å²) in [7, 11) is 0. The molecule has 1 unspecified atom stereocenters. The Kier molecular flexibility index (Phi) is 4.40. The molecule has 0 aromatic rings. The summed E-state index contributed by atoms with van der Waals surface area (Å²) in [5, 5.41) is 0. The number of likely N-dealkylation sites (tertiary alicyclic amines) is 1. The predicted octanol–water partition coefficient (Wildman–Crippen LogP) is 3.13. The second-order valence-corrected chi connectivity index (χ2v) is 6.24. The highest BCUT2D eigenvalue weighted by molar-refractivity contribution is 7.80. The molecule has 1 atom stereocenters. The fourth-order valence-electron chi connectivity index (χ4n) is 2.82. The second kappa shape index (κ2) is 5.64. The summed E-state index contributed by atoms with van der Waals surface area (Å²) in [6.45, 7) is 4.24. The van der Waals surface area contributed by atoms with Crippen molar-refractivity contribution in [3.05, 3.63) is 0 Å². The first kappa shape index (κ1) is 13.3. The lowest BCUT2D eigenvalue weighted by Crippen LogP contribution is -2.33. The molecule has 1 saturated carbocycles. The molecular weight excluding hydrogens is 230 g/mol. The number of nitrogens with zero attached hydrogens (tertiary/aromatic N) is 1. The molecule has 2 nitrogen and oxygen atoms in total. The lowest BCUT2D eigenvalue weighted by molar-refractivity contribution is -0.132. The van der Waals surface area contributed by atoms with E-state index in [1.54, 1.807) is 0 Å². The summed E-state index contributed by atoms with van der Waals surface area (Å²) < 4.78 is 0. The third-order valence-corrected chi connectivity index (χ3v) is 5.27. The van der Waals surface area contributed by atoms with Gasteiger partial charge in [-0.05, 0) is 49.2 Å². The van der Waals surface area contributed by atoms with Crippen LogP contribution >= 0.6 is 12.6 Å². The summed E-state index contributed by atoms with van der Waals surface area (Å²) in [5.41, 5.74) is 0.274. The van der Waals surface area contributed by atoms with Gasteiger partial charge in [0.15, 0.2) is 0 Å². The van der Waals surface area contributed by atoms with Crippen LogP contribution in [0.2, 0.25) is 0 Å². The molecule has 1 saturated heterocycles. The maximum absolute atomic E-state index is 12.3. The van der Waals surface area contributed by atoms with E-state index in [4.69, 9.17) is 0 Å². The number of carbonyl (C=O) groups excluding carboxylic acids is 1. The van der Waals surface area contributed by atoms with Crippen molar-refractivity contribution < 1.29 is 4.79 Å². The minimum atomic E-state index is 0.274. The lowest BCUT2D eigenvalue weighted by atomic mass is 9.98. The molecule has 0 aromatic carbocycles. The van der Waals surface area contributed by atoms with E-state index < -0.39 is 0 Å². The smallest absolute Gasteiger partial charge is 0.223 e. The fourth-order valence-corrected chi connectivity index (χ4v) is 3.25. The van der Waals surface area contributed by atoms with Gasteiger partial charge in [0.25, 0.3) is 0 Å². The van der Waals surface area contributed by atoms with Gasteiger partial charge < -0.3 is 4.90 Å². The van der Waals surface area contributed by atoms with Crippen molar-refractivity contribution in [3.63, 3.8) is 0 Å². The van der Waals surface area contributed by atoms with E-state index in [9.17, 15) is 4.79 Å². The van der Waals surface area contributed by atoms with Gasteiger partial charge in [-0.15, -0.1) is 0 Å². The number of amides is 1. The summed E-state index contributed by atoms with van der Waals surface area (Å²) >= 11 is 4.38. The van der Waals surface area contributed by atoms with Crippen molar-refractivity contribution in [1.82, 2.24) is 4.90 Å². The van der Waals surface area contributed by atoms with Gasteiger partial charge in [-0.25, -0.2) is 0 Å². The normalized spacial score (nSPS) is 27.6. The summed E-state index contributed by atoms with van der Waals surface area (Å²) in [6, 6.07) is 0. The minimum Gasteiger partial charge on any atom is -0.343 e. The van der Waals surface area contributed by atoms with Gasteiger partial charge >= 0.3 is 0 Å². The van der Waals surface area contributed by atoms with Gasteiger partial charge in [-0.2, -0.15) is 12.6 Å². The molecule has 2 aliphatic rings. The molecule has 0 aromatic heterocycles. The van der Waals surface area contributed by atoms with Gasteiger partial charge in [-0.3, -0.25) is 4.79 Å². The zero-order valence-corrected chi connectivity index (χ0v) is 11.8. The minimum absolute atomic E-state index is 0.274. The highest BCUT2D eigenvalue weighted by Gasteiger charge is 2.43. The van der Waals surface area contributed by atoms with Crippen molar-refractivity contribution in [2.45, 2.75) is 51.9 Å². The molecule has 2 fully saturated rings. The number of carbonyl (C=O) groups is 1. The largest absolute Gasteiger partial charge is 0.343 e. The van der Waals surface area contributed by atoms with E-state index in [-0.39, 0.29) is 5.41 Å². The fraction of sp³-hybridized carbons (Fsp3) is 0.929. The molecule has 0 bridgehead atoms. The van der Waals surface area contributed by atoms with Crippen molar-refractivity contribution >= 4 is 18.5 Å². The first-order chi connectivity index (χ1) is 8.19. The quantitative estimate of drug-likeness (QED) is 0.765. The Balaban J connectivity index is 1.83. The van der Waals surface area contributed by atoms with E-state index in [0.717, 1.165) is 31.2 Å². The van der Waals surface area contributed by atoms with Crippen LogP contribution in [0.5, 0.6) is 0 Å². The Morgan fingerprint density at radius 3 is 2.71 bits per heavy atom.